The molecule has 1 amide bonds. The van der Waals surface area contributed by atoms with Gasteiger partial charge in [-0.3, -0.25) is 4.79 Å². The number of carboxylic acid groups (broad SMARTS) is 1. The minimum atomic E-state index is -1.11. The zero-order chi connectivity index (χ0) is 15.6. The molecule has 2 aromatic carbocycles. The molecule has 0 aromatic heterocycles. The molecule has 0 aliphatic heterocycles. The Kier molecular flexibility index (Phi) is 4.69. The highest BCUT2D eigenvalue weighted by molar-refractivity contribution is 14.1. The molecule has 0 unspecified atom stereocenters. The number of rotatable bonds is 3. The summed E-state index contributed by atoms with van der Waals surface area (Å²) in [6.45, 7) is 0. The number of carboxylic acids is 1. The Balaban J connectivity index is 2.31. The number of halogens is 2. The van der Waals surface area contributed by atoms with E-state index in [1.165, 1.54) is 24.3 Å². The van der Waals surface area contributed by atoms with Crippen LogP contribution in [-0.4, -0.2) is 17.0 Å². The first-order valence-corrected chi connectivity index (χ1v) is 7.23. The molecular weight excluding hydrogens is 407 g/mol. The van der Waals surface area contributed by atoms with Crippen molar-refractivity contribution in [2.75, 3.05) is 11.1 Å². The third kappa shape index (κ3) is 3.64. The molecular formula is C14H10ClIN2O3. The number of nitrogens with two attached hydrogens (primary N) is 1. The largest absolute Gasteiger partial charge is 0.478 e. The van der Waals surface area contributed by atoms with Crippen LogP contribution in [0.1, 0.15) is 20.7 Å². The maximum Gasteiger partial charge on any atom is 0.337 e. The van der Waals surface area contributed by atoms with E-state index in [1.54, 1.807) is 12.1 Å². The molecule has 0 spiro atoms. The summed E-state index contributed by atoms with van der Waals surface area (Å²) in [6.07, 6.45) is 0. The van der Waals surface area contributed by atoms with Gasteiger partial charge in [-0.15, -0.1) is 0 Å². The molecule has 21 heavy (non-hydrogen) atoms. The summed E-state index contributed by atoms with van der Waals surface area (Å²) in [4.78, 5) is 23.3. The Morgan fingerprint density at radius 1 is 1.19 bits per heavy atom. The second kappa shape index (κ2) is 6.31. The van der Waals surface area contributed by atoms with E-state index in [1.807, 2.05) is 22.6 Å². The van der Waals surface area contributed by atoms with E-state index in [-0.39, 0.29) is 16.3 Å². The Hall–Kier alpha value is -1.80. The van der Waals surface area contributed by atoms with Gasteiger partial charge in [-0.25, -0.2) is 4.79 Å². The molecule has 0 aliphatic rings. The van der Waals surface area contributed by atoms with Gasteiger partial charge < -0.3 is 16.2 Å². The Bertz CT molecular complexity index is 734. The summed E-state index contributed by atoms with van der Waals surface area (Å²) >= 11 is 7.86. The van der Waals surface area contributed by atoms with Crippen molar-refractivity contribution in [3.63, 3.8) is 0 Å². The van der Waals surface area contributed by atoms with Crippen molar-refractivity contribution in [2.24, 2.45) is 0 Å². The van der Waals surface area contributed by atoms with Gasteiger partial charge in [0, 0.05) is 9.13 Å². The van der Waals surface area contributed by atoms with Gasteiger partial charge in [0.05, 0.1) is 22.0 Å². The molecule has 0 aliphatic carbocycles. The number of hydrogen-bond donors (Lipinski definition) is 3. The van der Waals surface area contributed by atoms with Crippen molar-refractivity contribution in [3.8, 4) is 0 Å². The van der Waals surface area contributed by atoms with E-state index in [9.17, 15) is 9.59 Å². The lowest BCUT2D eigenvalue weighted by Crippen LogP contribution is -2.15. The van der Waals surface area contributed by atoms with Crippen LogP contribution in [0.3, 0.4) is 0 Å². The fraction of sp³-hybridized carbons (Fsp3) is 0. The van der Waals surface area contributed by atoms with E-state index < -0.39 is 11.9 Å². The summed E-state index contributed by atoms with van der Waals surface area (Å²) in [6, 6.07) is 9.20. The number of carbonyl (C=O) groups is 2. The quantitative estimate of drug-likeness (QED) is 0.528. The monoisotopic (exact) mass is 416 g/mol. The zero-order valence-electron chi connectivity index (χ0n) is 10.6. The average Bonchev–Trinajstić information content (AvgIpc) is 2.43. The fourth-order valence-electron chi connectivity index (χ4n) is 1.67. The van der Waals surface area contributed by atoms with Gasteiger partial charge in [0.25, 0.3) is 5.91 Å². The molecule has 4 N–H and O–H groups in total. The Morgan fingerprint density at radius 2 is 1.90 bits per heavy atom. The van der Waals surface area contributed by atoms with Crippen molar-refractivity contribution in [1.29, 1.82) is 0 Å². The number of amides is 1. The second-order valence-electron chi connectivity index (χ2n) is 4.19. The fourth-order valence-corrected chi connectivity index (χ4v) is 2.34. The standard InChI is InChI=1S/C14H10ClIN2O3/c15-10-5-7(1-3-11(10)17)13(19)18-12-4-2-8(16)6-9(12)14(20)21/h1-6H,17H2,(H,18,19)(H,20,21). The van der Waals surface area contributed by atoms with Crippen LogP contribution < -0.4 is 11.1 Å². The van der Waals surface area contributed by atoms with E-state index in [4.69, 9.17) is 22.4 Å². The van der Waals surface area contributed by atoms with Gasteiger partial charge in [-0.1, -0.05) is 11.6 Å². The van der Waals surface area contributed by atoms with Crippen molar-refractivity contribution < 1.29 is 14.7 Å². The number of nitrogen functional groups attached to an aromatic ring is 1. The highest BCUT2D eigenvalue weighted by atomic mass is 127. The van der Waals surface area contributed by atoms with Gasteiger partial charge in [0.15, 0.2) is 0 Å². The summed E-state index contributed by atoms with van der Waals surface area (Å²) in [5.41, 5.74) is 6.49. The van der Waals surface area contributed by atoms with E-state index in [0.717, 1.165) is 3.57 Å². The maximum atomic E-state index is 12.1. The first-order chi connectivity index (χ1) is 9.88. The minimum Gasteiger partial charge on any atom is -0.478 e. The van der Waals surface area contributed by atoms with Crippen molar-refractivity contribution >= 4 is 57.4 Å². The normalized spacial score (nSPS) is 10.2. The lowest BCUT2D eigenvalue weighted by Gasteiger charge is -2.09. The molecule has 0 bridgehead atoms. The Labute approximate surface area is 139 Å². The molecule has 7 heteroatoms. The number of aromatic carboxylic acids is 1. The van der Waals surface area contributed by atoms with Crippen LogP contribution in [0, 0.1) is 3.57 Å². The number of anilines is 2. The average molecular weight is 417 g/mol. The molecule has 0 fully saturated rings. The summed E-state index contributed by atoms with van der Waals surface area (Å²) in [7, 11) is 0. The molecule has 0 heterocycles. The topological polar surface area (TPSA) is 92.4 Å². The Morgan fingerprint density at radius 3 is 2.52 bits per heavy atom. The van der Waals surface area contributed by atoms with Crippen LogP contribution in [0.2, 0.25) is 5.02 Å². The van der Waals surface area contributed by atoms with Gasteiger partial charge in [-0.2, -0.15) is 0 Å². The zero-order valence-corrected chi connectivity index (χ0v) is 13.5. The van der Waals surface area contributed by atoms with Crippen LogP contribution in [0.4, 0.5) is 11.4 Å². The van der Waals surface area contributed by atoms with Crippen LogP contribution in [0.15, 0.2) is 36.4 Å². The summed E-state index contributed by atoms with van der Waals surface area (Å²) < 4.78 is 0.763. The predicted molar refractivity (Wildman–Crippen MR) is 89.9 cm³/mol. The van der Waals surface area contributed by atoms with Crippen molar-refractivity contribution in [1.82, 2.24) is 0 Å². The van der Waals surface area contributed by atoms with Gasteiger partial charge in [0.1, 0.15) is 0 Å². The summed E-state index contributed by atoms with van der Waals surface area (Å²) in [5, 5.41) is 12.0. The van der Waals surface area contributed by atoms with Gasteiger partial charge in [-0.05, 0) is 59.0 Å². The first kappa shape index (κ1) is 15.6. The van der Waals surface area contributed by atoms with Gasteiger partial charge in [0.2, 0.25) is 0 Å². The molecule has 5 nitrogen and oxygen atoms in total. The van der Waals surface area contributed by atoms with E-state index >= 15 is 0 Å². The maximum absolute atomic E-state index is 12.1. The van der Waals surface area contributed by atoms with Crippen LogP contribution in [0.25, 0.3) is 0 Å². The third-order valence-electron chi connectivity index (χ3n) is 2.72. The van der Waals surface area contributed by atoms with Crippen molar-refractivity contribution in [3.05, 3.63) is 56.1 Å². The number of hydrogen-bond acceptors (Lipinski definition) is 3. The SMILES string of the molecule is Nc1ccc(C(=O)Nc2ccc(I)cc2C(=O)O)cc1Cl. The highest BCUT2D eigenvalue weighted by Crippen LogP contribution is 2.22. The number of carbonyl (C=O) groups excluding carboxylic acids is 1. The highest BCUT2D eigenvalue weighted by Gasteiger charge is 2.14. The van der Waals surface area contributed by atoms with Crippen LogP contribution >= 0.6 is 34.2 Å². The molecule has 0 atom stereocenters. The molecule has 2 aromatic rings. The van der Waals surface area contributed by atoms with Gasteiger partial charge >= 0.3 is 5.97 Å². The lowest BCUT2D eigenvalue weighted by atomic mass is 10.1. The molecule has 0 saturated carbocycles. The predicted octanol–water partition coefficient (Wildman–Crippen LogP) is 3.48. The summed E-state index contributed by atoms with van der Waals surface area (Å²) in [5.74, 6) is -1.57. The molecule has 0 radical (unpaired) electrons. The number of benzene rings is 2. The molecule has 2 rings (SSSR count). The van der Waals surface area contributed by atoms with Crippen LogP contribution in [-0.2, 0) is 0 Å². The smallest absolute Gasteiger partial charge is 0.337 e. The minimum absolute atomic E-state index is 0.0248. The number of nitrogens with one attached hydrogen (secondary N) is 1. The van der Waals surface area contributed by atoms with Crippen molar-refractivity contribution in [2.45, 2.75) is 0 Å². The molecule has 0 saturated heterocycles. The van der Waals surface area contributed by atoms with E-state index in [2.05, 4.69) is 5.32 Å². The van der Waals surface area contributed by atoms with E-state index in [0.29, 0.717) is 11.3 Å². The third-order valence-corrected chi connectivity index (χ3v) is 3.72. The first-order valence-electron chi connectivity index (χ1n) is 5.77. The van der Waals surface area contributed by atoms with Crippen LogP contribution in [0.5, 0.6) is 0 Å². The lowest BCUT2D eigenvalue weighted by molar-refractivity contribution is 0.0698. The second-order valence-corrected chi connectivity index (χ2v) is 5.84. The molecule has 108 valence electrons.